The fourth-order valence-electron chi connectivity index (χ4n) is 5.70. The number of amides is 1. The Morgan fingerprint density at radius 1 is 0.919 bits per heavy atom. The first-order valence-electron chi connectivity index (χ1n) is 13.9. The van der Waals surface area contributed by atoms with Gasteiger partial charge in [-0.05, 0) is 0 Å². The first-order valence-corrected chi connectivity index (χ1v) is 22.8. The van der Waals surface area contributed by atoms with Crippen molar-refractivity contribution in [1.29, 1.82) is 0 Å². The molecule has 0 saturated carbocycles. The number of hydrogen-bond donors (Lipinski definition) is 1. The average Bonchev–Trinajstić information content (AvgIpc) is 3.33. The van der Waals surface area contributed by atoms with Gasteiger partial charge in [0.15, 0.2) is 0 Å². The van der Waals surface area contributed by atoms with Crippen LogP contribution in [-0.2, 0) is 16.6 Å². The number of para-hydroxylation sites is 1. The van der Waals surface area contributed by atoms with Crippen molar-refractivity contribution in [3.63, 3.8) is 0 Å². The number of fused-ring (bicyclic) bond motifs is 1. The summed E-state index contributed by atoms with van der Waals surface area (Å²) in [5.74, 6) is -0.0662. The molecule has 1 amide bonds. The van der Waals surface area contributed by atoms with E-state index in [0.717, 1.165) is 41.8 Å². The van der Waals surface area contributed by atoms with E-state index in [9.17, 15) is 13.2 Å². The summed E-state index contributed by atoms with van der Waals surface area (Å²) in [6, 6.07) is 13.4. The Kier molecular flexibility index (Phi) is 10.9. The number of carbonyl (C=O) groups is 1. The van der Waals surface area contributed by atoms with Crippen LogP contribution in [0.15, 0.2) is 42.5 Å². The molecule has 1 aliphatic heterocycles. The number of anilines is 2. The number of nitrogens with one attached hydrogen (secondary N) is 1. The summed E-state index contributed by atoms with van der Waals surface area (Å²) in [5.41, 5.74) is 3.48. The molecule has 0 fully saturated rings. The van der Waals surface area contributed by atoms with Crippen molar-refractivity contribution in [2.45, 2.75) is 79.0 Å². The summed E-state index contributed by atoms with van der Waals surface area (Å²) in [6.07, 6.45) is 7.61. The third-order valence-electron chi connectivity index (χ3n) is 7.69. The van der Waals surface area contributed by atoms with Gasteiger partial charge in [-0.1, -0.05) is 0 Å². The molecule has 204 valence electrons. The van der Waals surface area contributed by atoms with Crippen molar-refractivity contribution >= 4 is 49.4 Å². The van der Waals surface area contributed by atoms with E-state index in [1.54, 1.807) is 18.4 Å². The Morgan fingerprint density at radius 2 is 1.49 bits per heavy atom. The Hall–Kier alpha value is -1.58. The number of hydrogen-bond acceptors (Lipinski definition) is 3. The first-order chi connectivity index (χ1) is 17.7. The van der Waals surface area contributed by atoms with Crippen LogP contribution in [0.4, 0.5) is 11.4 Å². The molecule has 0 radical (unpaired) electrons. The van der Waals surface area contributed by atoms with E-state index in [4.69, 9.17) is 0 Å². The number of rotatable bonds is 14. The monoisotopic (exact) mass is 635 g/mol. The molecule has 1 aliphatic rings. The van der Waals surface area contributed by atoms with Gasteiger partial charge in [0, 0.05) is 0 Å². The summed E-state index contributed by atoms with van der Waals surface area (Å²) < 4.78 is 34.2. The van der Waals surface area contributed by atoms with E-state index in [0.29, 0.717) is 13.0 Å². The van der Waals surface area contributed by atoms with Crippen LogP contribution in [-0.4, -0.2) is 57.6 Å². The summed E-state index contributed by atoms with van der Waals surface area (Å²) in [4.78, 5) is 13.9. The van der Waals surface area contributed by atoms with Gasteiger partial charge in [-0.3, -0.25) is 0 Å². The van der Waals surface area contributed by atoms with Crippen molar-refractivity contribution in [3.05, 3.63) is 53.6 Å². The molecule has 0 bridgehead atoms. The van der Waals surface area contributed by atoms with Gasteiger partial charge in [0.05, 0.1) is 0 Å². The summed E-state index contributed by atoms with van der Waals surface area (Å²) in [6.45, 7) is 7.18. The topological polar surface area (TPSA) is 69.7 Å². The number of nitrogens with zero attached hydrogens (tertiary/aromatic N) is 2. The third kappa shape index (κ3) is 6.71. The molecule has 6 nitrogen and oxygen atoms in total. The van der Waals surface area contributed by atoms with Crippen LogP contribution in [0.1, 0.15) is 75.2 Å². The summed E-state index contributed by atoms with van der Waals surface area (Å²) >= 11 is -3.14. The van der Waals surface area contributed by atoms with Crippen LogP contribution >= 0.6 is 0 Å². The average molecular weight is 634 g/mol. The summed E-state index contributed by atoms with van der Waals surface area (Å²) in [5, 5.41) is 3.14. The minimum atomic E-state index is -3.60. The second-order valence-electron chi connectivity index (χ2n) is 10.5. The molecule has 0 aliphatic carbocycles. The number of carbonyl (C=O) groups excluding carboxylic acids is 1. The van der Waals surface area contributed by atoms with Crippen LogP contribution in [0.3, 0.4) is 0 Å². The Morgan fingerprint density at radius 3 is 2.00 bits per heavy atom. The molecule has 0 unspecified atom stereocenters. The molecule has 0 spiro atoms. The molecular formula is C29H45N3O3SSn. The Labute approximate surface area is 228 Å². The molecule has 3 rings (SSSR count). The van der Waals surface area contributed by atoms with Gasteiger partial charge in [-0.25, -0.2) is 0 Å². The van der Waals surface area contributed by atoms with Crippen molar-refractivity contribution in [3.8, 4) is 0 Å². The van der Waals surface area contributed by atoms with Crippen molar-refractivity contribution in [2.24, 2.45) is 0 Å². The molecule has 0 saturated heterocycles. The predicted molar refractivity (Wildman–Crippen MR) is 159 cm³/mol. The molecule has 8 heteroatoms. The molecule has 2 aromatic rings. The van der Waals surface area contributed by atoms with E-state index >= 15 is 0 Å². The molecule has 1 heterocycles. The zero-order valence-corrected chi connectivity index (χ0v) is 27.0. The summed E-state index contributed by atoms with van der Waals surface area (Å²) in [7, 11) is -0.422. The first kappa shape index (κ1) is 30.0. The third-order valence-corrected chi connectivity index (χ3v) is 25.4. The van der Waals surface area contributed by atoms with Gasteiger partial charge < -0.3 is 0 Å². The van der Waals surface area contributed by atoms with Crippen molar-refractivity contribution < 1.29 is 13.2 Å². The van der Waals surface area contributed by atoms with Gasteiger partial charge in [-0.15, -0.1) is 0 Å². The Balaban J connectivity index is 2.25. The fraction of sp³-hybridized carbons (Fsp3) is 0.552. The standard InChI is InChI=1S/C17H18N3O3S.3C4H9.Sn/c1-19(2)24(22,23)20-11-10-13-12-14(8-9-16(13)20)17(21)18-15-6-4-3-5-7-15;3*1-3-4-2;/h3-9H,10-11H2,1-2H3,(H,18,21);3*1,3-4H2,2H3;. The Bertz CT molecular complexity index is 1130. The second kappa shape index (κ2) is 13.5. The van der Waals surface area contributed by atoms with Crippen molar-refractivity contribution in [1.82, 2.24) is 4.31 Å². The van der Waals surface area contributed by atoms with E-state index in [1.807, 2.05) is 42.5 Å². The second-order valence-corrected chi connectivity index (χ2v) is 25.6. The zero-order valence-electron chi connectivity index (χ0n) is 23.3. The van der Waals surface area contributed by atoms with Gasteiger partial charge in [-0.2, -0.15) is 0 Å². The molecule has 37 heavy (non-hydrogen) atoms. The van der Waals surface area contributed by atoms with Gasteiger partial charge >= 0.3 is 230 Å². The molecular weight excluding hydrogens is 589 g/mol. The predicted octanol–water partition coefficient (Wildman–Crippen LogP) is 6.16. The minimum absolute atomic E-state index is 0.0662. The SMILES string of the molecule is CCC[CH2][Sn]([CH2]CCC)([CH2]CCC)[c]1c(C(=O)Nc2ccccc2)ccc2c1CCN2S(=O)(=O)N(C)C. The van der Waals surface area contributed by atoms with Crippen LogP contribution < -0.4 is 13.2 Å². The van der Waals surface area contributed by atoms with Crippen LogP contribution in [0.25, 0.3) is 0 Å². The molecule has 2 aromatic carbocycles. The van der Waals surface area contributed by atoms with Gasteiger partial charge in [0.25, 0.3) is 0 Å². The van der Waals surface area contributed by atoms with Gasteiger partial charge in [0.2, 0.25) is 0 Å². The van der Waals surface area contributed by atoms with Crippen LogP contribution in [0.2, 0.25) is 13.3 Å². The number of benzene rings is 2. The van der Waals surface area contributed by atoms with Crippen molar-refractivity contribution in [2.75, 3.05) is 30.3 Å². The normalized spacial score (nSPS) is 13.7. The van der Waals surface area contributed by atoms with E-state index in [2.05, 4.69) is 26.1 Å². The van der Waals surface area contributed by atoms with Crippen LogP contribution in [0.5, 0.6) is 0 Å². The van der Waals surface area contributed by atoms with E-state index < -0.39 is 28.6 Å². The fourth-order valence-corrected chi connectivity index (χ4v) is 24.7. The van der Waals surface area contributed by atoms with Crippen LogP contribution in [0, 0.1) is 0 Å². The van der Waals surface area contributed by atoms with Gasteiger partial charge in [0.1, 0.15) is 0 Å². The molecule has 0 atom stereocenters. The maximum absolute atomic E-state index is 13.9. The maximum atomic E-state index is 13.9. The van der Waals surface area contributed by atoms with E-state index in [-0.39, 0.29) is 5.91 Å². The van der Waals surface area contributed by atoms with E-state index in [1.165, 1.54) is 40.5 Å². The molecule has 0 aromatic heterocycles. The molecule has 1 N–H and O–H groups in total. The quantitative estimate of drug-likeness (QED) is 0.253. The number of unbranched alkanes of at least 4 members (excludes halogenated alkanes) is 3. The zero-order chi connectivity index (χ0) is 27.1.